The first kappa shape index (κ1) is 27.4. The van der Waals surface area contributed by atoms with Crippen molar-refractivity contribution >= 4 is 36.2 Å². The Labute approximate surface area is 190 Å². The molecule has 0 fully saturated rings. The summed E-state index contributed by atoms with van der Waals surface area (Å²) in [5.41, 5.74) is 6.38. The molecule has 0 saturated carbocycles. The van der Waals surface area contributed by atoms with Crippen LogP contribution in [-0.2, 0) is 25.8 Å². The molecule has 0 amide bonds. The van der Waals surface area contributed by atoms with Crippen LogP contribution in [0.25, 0.3) is 5.32 Å². The quantitative estimate of drug-likeness (QED) is 0.264. The maximum atomic E-state index is 4.44. The summed E-state index contributed by atoms with van der Waals surface area (Å²) >= 11 is 0. The Morgan fingerprint density at radius 3 is 1.35 bits per heavy atom. The molecule has 0 atom stereocenters. The first-order chi connectivity index (χ1) is 10.9. The molecule has 4 heteroatoms. The largest absolute Gasteiger partial charge is 0.658 e. The Balaban J connectivity index is 0. The molecule has 140 valence electrons. The molecule has 2 aromatic carbocycles. The summed E-state index contributed by atoms with van der Waals surface area (Å²) in [7, 11) is 0. The summed E-state index contributed by atoms with van der Waals surface area (Å²) in [6.45, 7) is 10.9. The van der Waals surface area contributed by atoms with Gasteiger partial charge in [0.1, 0.15) is 0 Å². The maximum absolute atomic E-state index is 4.44. The van der Waals surface area contributed by atoms with E-state index in [0.29, 0.717) is 0 Å². The summed E-state index contributed by atoms with van der Waals surface area (Å²) < 4.78 is 0. The Hall–Kier alpha value is -0.830. The molecule has 0 N–H and O–H groups in total. The van der Waals surface area contributed by atoms with Gasteiger partial charge in [0.2, 0.25) is 0 Å². The molecule has 0 unspecified atom stereocenters. The molecule has 1 aliphatic carbocycles. The molecule has 2 aromatic rings. The van der Waals surface area contributed by atoms with Crippen molar-refractivity contribution in [1.29, 1.82) is 0 Å². The van der Waals surface area contributed by atoms with Crippen molar-refractivity contribution in [3.63, 3.8) is 0 Å². The second kappa shape index (κ2) is 12.5. The Bertz CT molecular complexity index is 670. The van der Waals surface area contributed by atoms with Gasteiger partial charge in [0, 0.05) is 25.8 Å². The van der Waals surface area contributed by atoms with Gasteiger partial charge in [-0.2, -0.15) is 11.1 Å². The number of benzene rings is 2. The van der Waals surface area contributed by atoms with E-state index in [-0.39, 0.29) is 56.1 Å². The Morgan fingerprint density at radius 1 is 0.731 bits per heavy atom. The third-order valence-electron chi connectivity index (χ3n) is 4.33. The fourth-order valence-electron chi connectivity index (χ4n) is 2.56. The molecule has 0 spiro atoms. The fourth-order valence-corrected chi connectivity index (χ4v) is 2.56. The normalized spacial score (nSPS) is 13.8. The third-order valence-corrected chi connectivity index (χ3v) is 4.33. The molecule has 0 radical (unpaired) electrons. The maximum Gasteiger partial charge on any atom is 0 e. The van der Waals surface area contributed by atoms with E-state index >= 15 is 0 Å². The molecular formula is C22H27Cl2HfN-2. The molecule has 1 aliphatic rings. The Kier molecular flexibility index (Phi) is 13.2. The van der Waals surface area contributed by atoms with Gasteiger partial charge in [-0.05, 0) is 0 Å². The summed E-state index contributed by atoms with van der Waals surface area (Å²) in [6.07, 6.45) is 3.44. The van der Waals surface area contributed by atoms with Crippen molar-refractivity contribution in [2.45, 2.75) is 34.6 Å². The smallest absolute Gasteiger partial charge is 0 e. The van der Waals surface area contributed by atoms with Gasteiger partial charge in [0.25, 0.3) is 0 Å². The number of halogens is 2. The van der Waals surface area contributed by atoms with Crippen LogP contribution in [0.2, 0.25) is 0 Å². The van der Waals surface area contributed by atoms with Gasteiger partial charge in [0.05, 0.1) is 0 Å². The first-order valence-electron chi connectivity index (χ1n) is 8.02. The van der Waals surface area contributed by atoms with Crippen molar-refractivity contribution in [3.05, 3.63) is 88.8 Å². The Morgan fingerprint density at radius 2 is 1.12 bits per heavy atom. The molecular weight excluding hydrogens is 528 g/mol. The van der Waals surface area contributed by atoms with Crippen molar-refractivity contribution < 1.29 is 25.8 Å². The SMILES string of the molecule is CC1=[C-]C(C)(C)C(C)=C1C.Cl.Cl.[Hf].c1ccc([N-]c2ccccc2)cc1. The van der Waals surface area contributed by atoms with Crippen LogP contribution in [0.1, 0.15) is 34.6 Å². The predicted molar refractivity (Wildman–Crippen MR) is 115 cm³/mol. The second-order valence-electron chi connectivity index (χ2n) is 6.41. The number of para-hydroxylation sites is 2. The van der Waals surface area contributed by atoms with E-state index in [4.69, 9.17) is 0 Å². The molecule has 0 bridgehead atoms. The number of hydrogen-bond donors (Lipinski definition) is 0. The summed E-state index contributed by atoms with van der Waals surface area (Å²) in [5, 5.41) is 4.44. The zero-order valence-electron chi connectivity index (χ0n) is 16.0. The summed E-state index contributed by atoms with van der Waals surface area (Å²) in [5.74, 6) is 0. The van der Waals surface area contributed by atoms with Crippen LogP contribution in [-0.4, -0.2) is 0 Å². The minimum atomic E-state index is 0. The van der Waals surface area contributed by atoms with Crippen LogP contribution in [0.3, 0.4) is 0 Å². The zero-order valence-corrected chi connectivity index (χ0v) is 21.3. The van der Waals surface area contributed by atoms with Crippen LogP contribution in [0.5, 0.6) is 0 Å². The minimum absolute atomic E-state index is 0. The molecule has 0 aromatic heterocycles. The van der Waals surface area contributed by atoms with Crippen LogP contribution >= 0.6 is 24.8 Å². The topological polar surface area (TPSA) is 14.1 Å². The van der Waals surface area contributed by atoms with Gasteiger partial charge in [-0.3, -0.25) is 6.08 Å². The van der Waals surface area contributed by atoms with E-state index in [2.05, 4.69) is 46.0 Å². The van der Waals surface area contributed by atoms with Gasteiger partial charge in [0.15, 0.2) is 0 Å². The number of allylic oxidation sites excluding steroid dienone is 4. The summed E-state index contributed by atoms with van der Waals surface area (Å²) in [6, 6.07) is 19.9. The minimum Gasteiger partial charge on any atom is -0.658 e. The molecule has 1 nitrogen and oxygen atoms in total. The molecule has 3 rings (SSSR count). The van der Waals surface area contributed by atoms with Gasteiger partial charge < -0.3 is 5.32 Å². The van der Waals surface area contributed by atoms with Crippen molar-refractivity contribution in [1.82, 2.24) is 0 Å². The van der Waals surface area contributed by atoms with Gasteiger partial charge in [-0.15, -0.1) is 43.1 Å². The van der Waals surface area contributed by atoms with Crippen LogP contribution in [0, 0.1) is 11.5 Å². The first-order valence-corrected chi connectivity index (χ1v) is 8.02. The predicted octanol–water partition coefficient (Wildman–Crippen LogP) is 7.98. The van der Waals surface area contributed by atoms with Crippen LogP contribution < -0.4 is 0 Å². The van der Waals surface area contributed by atoms with E-state index in [0.717, 1.165) is 11.4 Å². The number of rotatable bonds is 2. The fraction of sp³-hybridized carbons (Fsp3) is 0.273. The van der Waals surface area contributed by atoms with E-state index in [9.17, 15) is 0 Å². The van der Waals surface area contributed by atoms with Crippen molar-refractivity contribution in [3.8, 4) is 0 Å². The molecule has 26 heavy (non-hydrogen) atoms. The molecule has 0 saturated heterocycles. The average Bonchev–Trinajstić information content (AvgIpc) is 2.72. The van der Waals surface area contributed by atoms with Gasteiger partial charge >= 0.3 is 0 Å². The van der Waals surface area contributed by atoms with Crippen LogP contribution in [0.4, 0.5) is 11.4 Å². The zero-order chi connectivity index (χ0) is 16.9. The van der Waals surface area contributed by atoms with Crippen molar-refractivity contribution in [2.75, 3.05) is 0 Å². The monoisotopic (exact) mass is 555 g/mol. The van der Waals surface area contributed by atoms with Gasteiger partial charge in [-0.25, -0.2) is 5.57 Å². The number of hydrogen-bond acceptors (Lipinski definition) is 0. The van der Waals surface area contributed by atoms with E-state index in [1.165, 1.54) is 16.7 Å². The van der Waals surface area contributed by atoms with Gasteiger partial charge in [-0.1, -0.05) is 93.8 Å². The number of nitrogens with zero attached hydrogens (tertiary/aromatic N) is 1. The third kappa shape index (κ3) is 7.82. The average molecular weight is 555 g/mol. The molecule has 0 heterocycles. The standard InChI is InChI=1S/C12H10N.C10H15.2ClH.Hf/c1-3-7-11(8-4-1)13-12-9-5-2-6-10-12;1-7-6-10(4,5)9(3)8(7)2;;;/h1-10H;1-5H3;2*1H;/q2*-1;;;. The molecule has 0 aliphatic heterocycles. The second-order valence-corrected chi connectivity index (χ2v) is 6.41. The van der Waals surface area contributed by atoms with Crippen LogP contribution in [0.15, 0.2) is 77.4 Å². The van der Waals surface area contributed by atoms with Crippen molar-refractivity contribution in [2.24, 2.45) is 5.41 Å². The summed E-state index contributed by atoms with van der Waals surface area (Å²) in [4.78, 5) is 0. The van der Waals surface area contributed by atoms with E-state index in [1.54, 1.807) is 0 Å². The van der Waals surface area contributed by atoms with E-state index in [1.807, 2.05) is 60.7 Å². The van der Waals surface area contributed by atoms with E-state index < -0.39 is 0 Å².